The lowest BCUT2D eigenvalue weighted by molar-refractivity contribution is -0.118. The first-order valence-corrected chi connectivity index (χ1v) is 11.2. The number of ether oxygens (including phenoxy) is 2. The molecule has 0 spiro atoms. The minimum Gasteiger partial charge on any atom is -0.497 e. The Morgan fingerprint density at radius 3 is 2.65 bits per heavy atom. The maximum Gasteiger partial charge on any atom is 0.228 e. The molecule has 1 unspecified atom stereocenters. The van der Waals surface area contributed by atoms with E-state index < -0.39 is 0 Å². The highest BCUT2D eigenvalue weighted by atomic mass is 16.5. The topological polar surface area (TPSA) is 91.5 Å². The van der Waals surface area contributed by atoms with Crippen LogP contribution in [0.25, 0.3) is 17.2 Å². The minimum absolute atomic E-state index is 0.0872. The average molecular weight is 454 g/mol. The summed E-state index contributed by atoms with van der Waals surface area (Å²) in [4.78, 5) is 27.2. The van der Waals surface area contributed by atoms with Gasteiger partial charge in [0.2, 0.25) is 11.7 Å². The molecule has 170 valence electrons. The Bertz CT molecular complexity index is 1460. The van der Waals surface area contributed by atoms with Gasteiger partial charge in [0.1, 0.15) is 23.5 Å². The number of hydrogen-bond acceptors (Lipinski definition) is 7. The van der Waals surface area contributed by atoms with Crippen molar-refractivity contribution in [3.05, 3.63) is 77.4 Å². The van der Waals surface area contributed by atoms with Crippen LogP contribution in [-0.4, -0.2) is 37.5 Å². The van der Waals surface area contributed by atoms with E-state index in [1.165, 1.54) is 0 Å². The molecule has 1 aliphatic carbocycles. The fourth-order valence-electron chi connectivity index (χ4n) is 4.88. The fourth-order valence-corrected chi connectivity index (χ4v) is 4.88. The third kappa shape index (κ3) is 3.25. The second-order valence-corrected chi connectivity index (χ2v) is 9.47. The highest BCUT2D eigenvalue weighted by Gasteiger charge is 2.44. The van der Waals surface area contributed by atoms with Gasteiger partial charge >= 0.3 is 0 Å². The lowest BCUT2D eigenvalue weighted by Gasteiger charge is -2.37. The van der Waals surface area contributed by atoms with Crippen LogP contribution in [-0.2, 0) is 4.79 Å². The normalized spacial score (nSPS) is 18.9. The van der Waals surface area contributed by atoms with E-state index in [9.17, 15) is 4.79 Å². The van der Waals surface area contributed by atoms with E-state index in [2.05, 4.69) is 28.9 Å². The summed E-state index contributed by atoms with van der Waals surface area (Å²) in [5.41, 5.74) is 3.43. The molecule has 4 heterocycles. The van der Waals surface area contributed by atoms with Crippen molar-refractivity contribution in [1.29, 1.82) is 0 Å². The number of methoxy groups -OCH3 is 1. The van der Waals surface area contributed by atoms with Gasteiger partial charge in [0, 0.05) is 30.5 Å². The van der Waals surface area contributed by atoms with Crippen LogP contribution in [0.2, 0.25) is 0 Å². The van der Waals surface area contributed by atoms with Gasteiger partial charge in [-0.3, -0.25) is 9.78 Å². The van der Waals surface area contributed by atoms with Crippen LogP contribution in [0.5, 0.6) is 11.6 Å². The standard InChI is InChI=1S/C26H23N5O3/c1-26(2)12-18(32)21-19(13-26)34-25-22(20(21)15-7-9-16(33-3)10-8-15)24-29-23(30-31(24)14-28-25)17-6-4-5-11-27-17/h4-11,14,20H,12-13H2,1-3H3. The highest BCUT2D eigenvalue weighted by molar-refractivity contribution is 6.00. The molecule has 0 saturated carbocycles. The van der Waals surface area contributed by atoms with Gasteiger partial charge in [-0.05, 0) is 35.2 Å². The molecule has 0 saturated heterocycles. The number of aromatic nitrogens is 5. The van der Waals surface area contributed by atoms with E-state index in [-0.39, 0.29) is 17.1 Å². The molecule has 1 aliphatic heterocycles. The van der Waals surface area contributed by atoms with Crippen molar-refractivity contribution >= 4 is 11.4 Å². The zero-order valence-corrected chi connectivity index (χ0v) is 19.1. The van der Waals surface area contributed by atoms with Crippen LogP contribution in [0.3, 0.4) is 0 Å². The van der Waals surface area contributed by atoms with Gasteiger partial charge in [0.05, 0.1) is 12.7 Å². The largest absolute Gasteiger partial charge is 0.497 e. The predicted octanol–water partition coefficient (Wildman–Crippen LogP) is 4.36. The summed E-state index contributed by atoms with van der Waals surface area (Å²) in [6.45, 7) is 4.18. The number of nitrogens with zero attached hydrogens (tertiary/aromatic N) is 5. The summed E-state index contributed by atoms with van der Waals surface area (Å²) < 4.78 is 13.3. The number of benzene rings is 1. The molecule has 0 bridgehead atoms. The van der Waals surface area contributed by atoms with E-state index in [0.717, 1.165) is 16.9 Å². The zero-order chi connectivity index (χ0) is 23.4. The molecule has 6 rings (SSSR count). The Morgan fingerprint density at radius 1 is 1.09 bits per heavy atom. The SMILES string of the molecule is COc1ccc(C2C3=C(CC(C)(C)CC3=O)Oc3ncn4nc(-c5ccccn5)nc4c32)cc1. The highest BCUT2D eigenvalue weighted by Crippen LogP contribution is 2.50. The second-order valence-electron chi connectivity index (χ2n) is 9.47. The van der Waals surface area contributed by atoms with Crippen LogP contribution in [0.1, 0.15) is 43.7 Å². The van der Waals surface area contributed by atoms with Crippen molar-refractivity contribution in [2.24, 2.45) is 5.41 Å². The van der Waals surface area contributed by atoms with Gasteiger partial charge in [0.15, 0.2) is 11.4 Å². The van der Waals surface area contributed by atoms with Crippen LogP contribution >= 0.6 is 0 Å². The average Bonchev–Trinajstić information content (AvgIpc) is 3.27. The third-order valence-electron chi connectivity index (χ3n) is 6.41. The summed E-state index contributed by atoms with van der Waals surface area (Å²) in [6.07, 6.45) is 4.43. The number of pyridine rings is 1. The van der Waals surface area contributed by atoms with Crippen molar-refractivity contribution in [3.63, 3.8) is 0 Å². The molecular formula is C26H23N5O3. The first kappa shape index (κ1) is 20.5. The third-order valence-corrected chi connectivity index (χ3v) is 6.41. The first-order valence-electron chi connectivity index (χ1n) is 11.2. The Balaban J connectivity index is 1.59. The monoisotopic (exact) mass is 453 g/mol. The van der Waals surface area contributed by atoms with E-state index in [1.807, 2.05) is 42.5 Å². The van der Waals surface area contributed by atoms with Gasteiger partial charge in [-0.2, -0.15) is 0 Å². The van der Waals surface area contributed by atoms with Crippen LogP contribution in [0, 0.1) is 5.41 Å². The van der Waals surface area contributed by atoms with Gasteiger partial charge in [-0.1, -0.05) is 32.0 Å². The molecule has 1 aromatic carbocycles. The Hall–Kier alpha value is -4.07. The number of hydrogen-bond donors (Lipinski definition) is 0. The van der Waals surface area contributed by atoms with E-state index in [1.54, 1.807) is 24.1 Å². The van der Waals surface area contributed by atoms with E-state index >= 15 is 0 Å². The van der Waals surface area contributed by atoms with Gasteiger partial charge in [-0.25, -0.2) is 14.5 Å². The van der Waals surface area contributed by atoms with Crippen LogP contribution in [0.4, 0.5) is 0 Å². The molecule has 0 radical (unpaired) electrons. The lowest BCUT2D eigenvalue weighted by atomic mass is 9.70. The molecule has 0 amide bonds. The molecule has 0 fully saturated rings. The van der Waals surface area contributed by atoms with Crippen molar-refractivity contribution in [2.45, 2.75) is 32.6 Å². The van der Waals surface area contributed by atoms with Crippen molar-refractivity contribution in [2.75, 3.05) is 7.11 Å². The predicted molar refractivity (Wildman–Crippen MR) is 125 cm³/mol. The van der Waals surface area contributed by atoms with Crippen molar-refractivity contribution < 1.29 is 14.3 Å². The van der Waals surface area contributed by atoms with Crippen LogP contribution < -0.4 is 9.47 Å². The Kier molecular flexibility index (Phi) is 4.52. The second kappa shape index (κ2) is 7.48. The summed E-state index contributed by atoms with van der Waals surface area (Å²) in [6, 6.07) is 13.4. The zero-order valence-electron chi connectivity index (χ0n) is 19.1. The van der Waals surface area contributed by atoms with E-state index in [0.29, 0.717) is 47.2 Å². The van der Waals surface area contributed by atoms with Crippen molar-refractivity contribution in [1.82, 2.24) is 24.6 Å². The maximum absolute atomic E-state index is 13.5. The first-order chi connectivity index (χ1) is 16.4. The fraction of sp³-hybridized carbons (Fsp3) is 0.269. The number of Topliss-reactive ketones (excluding diaryl/α,β-unsaturated/α-hetero) is 1. The summed E-state index contributed by atoms with van der Waals surface area (Å²) >= 11 is 0. The minimum atomic E-state index is -0.370. The van der Waals surface area contributed by atoms with Gasteiger partial charge in [0.25, 0.3) is 0 Å². The molecule has 8 nitrogen and oxygen atoms in total. The summed E-state index contributed by atoms with van der Waals surface area (Å²) in [5.74, 6) is 2.10. The number of carbonyl (C=O) groups is 1. The number of fused-ring (bicyclic) bond motifs is 3. The summed E-state index contributed by atoms with van der Waals surface area (Å²) in [5, 5.41) is 4.60. The van der Waals surface area contributed by atoms with Crippen LogP contribution in [0.15, 0.2) is 66.3 Å². The quantitative estimate of drug-likeness (QED) is 0.455. The molecular weight excluding hydrogens is 430 g/mol. The lowest BCUT2D eigenvalue weighted by Crippen LogP contribution is -2.33. The maximum atomic E-state index is 13.5. The van der Waals surface area contributed by atoms with Gasteiger partial charge < -0.3 is 9.47 Å². The van der Waals surface area contributed by atoms with Crippen molar-refractivity contribution in [3.8, 4) is 23.1 Å². The molecule has 3 aromatic heterocycles. The smallest absolute Gasteiger partial charge is 0.228 e. The molecule has 4 aromatic rings. The number of allylic oxidation sites excluding steroid dienone is 2. The number of rotatable bonds is 3. The number of ketones is 1. The van der Waals surface area contributed by atoms with E-state index in [4.69, 9.17) is 14.5 Å². The Labute approximate surface area is 196 Å². The molecule has 0 N–H and O–H groups in total. The number of carbonyl (C=O) groups excluding carboxylic acids is 1. The molecule has 8 heteroatoms. The Morgan fingerprint density at radius 2 is 1.91 bits per heavy atom. The summed E-state index contributed by atoms with van der Waals surface area (Å²) in [7, 11) is 1.63. The molecule has 34 heavy (non-hydrogen) atoms. The molecule has 1 atom stereocenters. The van der Waals surface area contributed by atoms with Gasteiger partial charge in [-0.15, -0.1) is 5.10 Å². The molecule has 2 aliphatic rings.